The normalized spacial score (nSPS) is 16.4. The average molecular weight is 536 g/mol. The number of alkyl halides is 6. The average Bonchev–Trinajstić information content (AvgIpc) is 2.91. The smallest absolute Gasteiger partial charge is 0.378 e. The SMILES string of the molecule is O=C(c1cc(C(F)(F)F)cc(C(F)(F)F)c1)N1CCc2nc(-c3ccccc3)nc(N3CCOCC3)c2C1. The molecule has 0 unspecified atom stereocenters. The van der Waals surface area contributed by atoms with Crippen LogP contribution in [0.2, 0.25) is 0 Å². The molecule has 2 aliphatic heterocycles. The Morgan fingerprint density at radius 2 is 1.47 bits per heavy atom. The first kappa shape index (κ1) is 26.0. The van der Waals surface area contributed by atoms with Crippen LogP contribution in [-0.2, 0) is 30.1 Å². The van der Waals surface area contributed by atoms with Crippen molar-refractivity contribution in [3.05, 3.63) is 76.5 Å². The van der Waals surface area contributed by atoms with Gasteiger partial charge in [0.1, 0.15) is 5.82 Å². The first-order valence-corrected chi connectivity index (χ1v) is 11.9. The number of hydrogen-bond donors (Lipinski definition) is 0. The van der Waals surface area contributed by atoms with Crippen LogP contribution in [0.1, 0.15) is 32.7 Å². The number of ether oxygens (including phenoxy) is 1. The molecule has 200 valence electrons. The molecule has 0 saturated carbocycles. The van der Waals surface area contributed by atoms with Crippen LogP contribution in [-0.4, -0.2) is 53.6 Å². The monoisotopic (exact) mass is 536 g/mol. The molecular formula is C26H22F6N4O2. The molecule has 12 heteroatoms. The van der Waals surface area contributed by atoms with E-state index in [1.165, 1.54) is 4.90 Å². The topological polar surface area (TPSA) is 58.6 Å². The summed E-state index contributed by atoms with van der Waals surface area (Å²) in [6.07, 6.45) is -9.82. The van der Waals surface area contributed by atoms with Crippen molar-refractivity contribution in [1.82, 2.24) is 14.9 Å². The van der Waals surface area contributed by atoms with E-state index in [1.807, 2.05) is 35.2 Å². The van der Waals surface area contributed by atoms with Gasteiger partial charge < -0.3 is 14.5 Å². The van der Waals surface area contributed by atoms with Crippen molar-refractivity contribution in [1.29, 1.82) is 0 Å². The number of aromatic nitrogens is 2. The van der Waals surface area contributed by atoms with E-state index in [2.05, 4.69) is 0 Å². The van der Waals surface area contributed by atoms with E-state index < -0.39 is 35.0 Å². The van der Waals surface area contributed by atoms with Crippen molar-refractivity contribution < 1.29 is 35.9 Å². The molecule has 0 aliphatic carbocycles. The predicted molar refractivity (Wildman–Crippen MR) is 125 cm³/mol. The lowest BCUT2D eigenvalue weighted by atomic mass is 10.0. The second-order valence-corrected chi connectivity index (χ2v) is 9.03. The summed E-state index contributed by atoms with van der Waals surface area (Å²) in [7, 11) is 0. The molecule has 0 N–H and O–H groups in total. The first-order valence-electron chi connectivity index (χ1n) is 11.9. The lowest BCUT2D eigenvalue weighted by Crippen LogP contribution is -2.41. The highest BCUT2D eigenvalue weighted by Gasteiger charge is 2.38. The van der Waals surface area contributed by atoms with Crippen molar-refractivity contribution in [3.63, 3.8) is 0 Å². The molecule has 0 bridgehead atoms. The number of fused-ring (bicyclic) bond motifs is 1. The van der Waals surface area contributed by atoms with Crippen LogP contribution in [0, 0.1) is 0 Å². The van der Waals surface area contributed by atoms with Gasteiger partial charge in [-0.25, -0.2) is 9.97 Å². The minimum atomic E-state index is -5.05. The number of hydrogen-bond acceptors (Lipinski definition) is 5. The largest absolute Gasteiger partial charge is 0.416 e. The highest BCUT2D eigenvalue weighted by Crippen LogP contribution is 2.37. The number of amides is 1. The molecule has 0 atom stereocenters. The van der Waals surface area contributed by atoms with Crippen molar-refractivity contribution >= 4 is 11.7 Å². The number of benzene rings is 2. The van der Waals surface area contributed by atoms with Gasteiger partial charge in [0.25, 0.3) is 5.91 Å². The van der Waals surface area contributed by atoms with Gasteiger partial charge in [-0.05, 0) is 18.2 Å². The molecule has 1 amide bonds. The van der Waals surface area contributed by atoms with Gasteiger partial charge in [0.05, 0.1) is 36.6 Å². The van der Waals surface area contributed by atoms with Crippen molar-refractivity contribution in [2.45, 2.75) is 25.3 Å². The van der Waals surface area contributed by atoms with Crippen LogP contribution < -0.4 is 4.90 Å². The molecule has 6 nitrogen and oxygen atoms in total. The third kappa shape index (κ3) is 5.31. The van der Waals surface area contributed by atoms with Gasteiger partial charge in [-0.1, -0.05) is 30.3 Å². The summed E-state index contributed by atoms with van der Waals surface area (Å²) in [5, 5.41) is 0. The van der Waals surface area contributed by atoms with E-state index in [0.29, 0.717) is 61.3 Å². The van der Waals surface area contributed by atoms with Gasteiger partial charge in [0.2, 0.25) is 0 Å². The zero-order valence-electron chi connectivity index (χ0n) is 19.9. The van der Waals surface area contributed by atoms with Crippen molar-refractivity contribution in [2.24, 2.45) is 0 Å². The fraction of sp³-hybridized carbons (Fsp3) is 0.346. The summed E-state index contributed by atoms with van der Waals surface area (Å²) in [5.74, 6) is 0.153. The molecule has 1 fully saturated rings. The standard InChI is InChI=1S/C26H22F6N4O2/c27-25(28,29)18-12-17(13-19(14-18)26(30,31)32)24(37)36-7-6-21-20(15-36)23(35-8-10-38-11-9-35)34-22(33-21)16-4-2-1-3-5-16/h1-5,12-14H,6-11,15H2. The number of nitrogens with zero attached hydrogens (tertiary/aromatic N) is 4. The molecular weight excluding hydrogens is 514 g/mol. The number of carbonyl (C=O) groups excluding carboxylic acids is 1. The van der Waals surface area contributed by atoms with Gasteiger partial charge in [-0.2, -0.15) is 26.3 Å². The Labute approximate surface area is 213 Å². The number of rotatable bonds is 3. The molecule has 0 radical (unpaired) electrons. The van der Waals surface area contributed by atoms with E-state index in [9.17, 15) is 31.1 Å². The maximum atomic E-state index is 13.4. The Kier molecular flexibility index (Phi) is 6.76. The second kappa shape index (κ2) is 9.90. The zero-order valence-corrected chi connectivity index (χ0v) is 19.9. The summed E-state index contributed by atoms with van der Waals surface area (Å²) in [5.41, 5.74) is -1.63. The van der Waals surface area contributed by atoms with Gasteiger partial charge in [0, 0.05) is 42.7 Å². The molecule has 1 saturated heterocycles. The Hall–Kier alpha value is -3.67. The van der Waals surface area contributed by atoms with Crippen LogP contribution in [0.15, 0.2) is 48.5 Å². The summed E-state index contributed by atoms with van der Waals surface area (Å²) >= 11 is 0. The number of halogens is 6. The molecule has 5 rings (SSSR count). The minimum absolute atomic E-state index is 0.0117. The Morgan fingerprint density at radius 1 is 0.842 bits per heavy atom. The summed E-state index contributed by atoms with van der Waals surface area (Å²) in [6, 6.07) is 10.3. The molecule has 0 spiro atoms. The molecule has 3 aromatic rings. The highest BCUT2D eigenvalue weighted by molar-refractivity contribution is 5.95. The first-order chi connectivity index (χ1) is 18.0. The van der Waals surface area contributed by atoms with Crippen LogP contribution in [0.4, 0.5) is 32.2 Å². The zero-order chi connectivity index (χ0) is 27.1. The molecule has 2 aromatic carbocycles. The quantitative estimate of drug-likeness (QED) is 0.430. The summed E-state index contributed by atoms with van der Waals surface area (Å²) < 4.78 is 85.5. The van der Waals surface area contributed by atoms with Crippen LogP contribution >= 0.6 is 0 Å². The maximum Gasteiger partial charge on any atom is 0.416 e. The predicted octanol–water partition coefficient (Wildman–Crippen LogP) is 5.22. The molecule has 3 heterocycles. The van der Waals surface area contributed by atoms with Gasteiger partial charge in [-0.15, -0.1) is 0 Å². The van der Waals surface area contributed by atoms with Crippen LogP contribution in [0.3, 0.4) is 0 Å². The Balaban J connectivity index is 1.52. The van der Waals surface area contributed by atoms with E-state index in [1.54, 1.807) is 0 Å². The Bertz CT molecular complexity index is 1310. The van der Waals surface area contributed by atoms with Crippen molar-refractivity contribution in [2.75, 3.05) is 37.7 Å². The Morgan fingerprint density at radius 3 is 2.08 bits per heavy atom. The lowest BCUT2D eigenvalue weighted by molar-refractivity contribution is -0.143. The van der Waals surface area contributed by atoms with E-state index in [0.717, 1.165) is 5.56 Å². The molecule has 1 aromatic heterocycles. The second-order valence-electron chi connectivity index (χ2n) is 9.03. The van der Waals surface area contributed by atoms with Crippen LogP contribution in [0.25, 0.3) is 11.4 Å². The van der Waals surface area contributed by atoms with E-state index in [-0.39, 0.29) is 25.6 Å². The fourth-order valence-corrected chi connectivity index (χ4v) is 4.58. The maximum absolute atomic E-state index is 13.4. The molecule has 38 heavy (non-hydrogen) atoms. The number of carbonyl (C=O) groups is 1. The number of anilines is 1. The fourth-order valence-electron chi connectivity index (χ4n) is 4.58. The number of morpholine rings is 1. The third-order valence-corrected chi connectivity index (χ3v) is 6.50. The minimum Gasteiger partial charge on any atom is -0.378 e. The third-order valence-electron chi connectivity index (χ3n) is 6.50. The van der Waals surface area contributed by atoms with Gasteiger partial charge in [-0.3, -0.25) is 4.79 Å². The summed E-state index contributed by atoms with van der Waals surface area (Å²) in [4.78, 5) is 26.0. The molecule has 2 aliphatic rings. The van der Waals surface area contributed by atoms with E-state index >= 15 is 0 Å². The van der Waals surface area contributed by atoms with Crippen LogP contribution in [0.5, 0.6) is 0 Å². The lowest BCUT2D eigenvalue weighted by Gasteiger charge is -2.34. The summed E-state index contributed by atoms with van der Waals surface area (Å²) in [6.45, 7) is 2.03. The highest BCUT2D eigenvalue weighted by atomic mass is 19.4. The van der Waals surface area contributed by atoms with Crippen molar-refractivity contribution in [3.8, 4) is 11.4 Å². The van der Waals surface area contributed by atoms with E-state index in [4.69, 9.17) is 14.7 Å². The van der Waals surface area contributed by atoms with Gasteiger partial charge in [0.15, 0.2) is 5.82 Å². The van der Waals surface area contributed by atoms with Gasteiger partial charge >= 0.3 is 12.4 Å².